The zero-order chi connectivity index (χ0) is 14.7. The molecule has 0 aromatic heterocycles. The average molecular weight is 332 g/mol. The Morgan fingerprint density at radius 2 is 1.75 bits per heavy atom. The molecule has 3 heteroatoms. The van der Waals surface area contributed by atoms with Gasteiger partial charge in [0.1, 0.15) is 0 Å². The van der Waals surface area contributed by atoms with Crippen LogP contribution in [0.2, 0.25) is 0 Å². The van der Waals surface area contributed by atoms with E-state index in [4.69, 9.17) is 0 Å². The maximum Gasteiger partial charge on any atom is 0.255 e. The Morgan fingerprint density at radius 1 is 1.10 bits per heavy atom. The lowest BCUT2D eigenvalue weighted by Gasteiger charge is -2.10. The first-order valence-corrected chi connectivity index (χ1v) is 7.44. The van der Waals surface area contributed by atoms with Crippen LogP contribution >= 0.6 is 15.9 Å². The van der Waals surface area contributed by atoms with E-state index in [-0.39, 0.29) is 5.91 Å². The fraction of sp³-hybridized carbons (Fsp3) is 0.235. The van der Waals surface area contributed by atoms with Crippen molar-refractivity contribution < 1.29 is 4.79 Å². The normalized spacial score (nSPS) is 10.7. The van der Waals surface area contributed by atoms with Crippen molar-refractivity contribution in [2.45, 2.75) is 26.7 Å². The van der Waals surface area contributed by atoms with E-state index in [0.717, 1.165) is 15.7 Å². The second-order valence-corrected chi connectivity index (χ2v) is 6.11. The van der Waals surface area contributed by atoms with E-state index in [1.165, 1.54) is 5.56 Å². The van der Waals surface area contributed by atoms with E-state index < -0.39 is 0 Å². The van der Waals surface area contributed by atoms with Crippen molar-refractivity contribution in [2.75, 3.05) is 5.32 Å². The number of hydrogen-bond acceptors (Lipinski definition) is 1. The maximum atomic E-state index is 12.2. The van der Waals surface area contributed by atoms with Crippen LogP contribution in [0.4, 0.5) is 5.69 Å². The number of anilines is 1. The Hall–Kier alpha value is -1.61. The van der Waals surface area contributed by atoms with Crippen LogP contribution in [0.15, 0.2) is 46.9 Å². The van der Waals surface area contributed by atoms with Gasteiger partial charge >= 0.3 is 0 Å². The largest absolute Gasteiger partial charge is 0.322 e. The van der Waals surface area contributed by atoms with Crippen molar-refractivity contribution in [3.8, 4) is 0 Å². The second kappa shape index (κ2) is 6.23. The lowest BCUT2D eigenvalue weighted by Crippen LogP contribution is -2.12. The van der Waals surface area contributed by atoms with Crippen molar-refractivity contribution in [3.05, 3.63) is 63.6 Å². The lowest BCUT2D eigenvalue weighted by atomic mass is 10.0. The number of rotatable bonds is 3. The van der Waals surface area contributed by atoms with Gasteiger partial charge in [-0.25, -0.2) is 0 Å². The summed E-state index contributed by atoms with van der Waals surface area (Å²) < 4.78 is 0.952. The van der Waals surface area contributed by atoms with Crippen LogP contribution < -0.4 is 5.32 Å². The van der Waals surface area contributed by atoms with E-state index in [1.54, 1.807) is 0 Å². The molecule has 1 N–H and O–H groups in total. The monoisotopic (exact) mass is 331 g/mol. The highest BCUT2D eigenvalue weighted by atomic mass is 79.9. The summed E-state index contributed by atoms with van der Waals surface area (Å²) in [6.07, 6.45) is 0. The number of amides is 1. The van der Waals surface area contributed by atoms with Crippen LogP contribution in [-0.2, 0) is 0 Å². The van der Waals surface area contributed by atoms with Crippen LogP contribution in [0.3, 0.4) is 0 Å². The molecule has 0 aliphatic rings. The van der Waals surface area contributed by atoms with Gasteiger partial charge in [-0.15, -0.1) is 0 Å². The summed E-state index contributed by atoms with van der Waals surface area (Å²) in [5.41, 5.74) is 3.78. The van der Waals surface area contributed by atoms with E-state index >= 15 is 0 Å². The van der Waals surface area contributed by atoms with E-state index in [9.17, 15) is 4.79 Å². The Labute approximate surface area is 128 Å². The Kier molecular flexibility index (Phi) is 4.61. The van der Waals surface area contributed by atoms with Crippen molar-refractivity contribution >= 4 is 27.5 Å². The number of halogens is 1. The lowest BCUT2D eigenvalue weighted by molar-refractivity contribution is 0.102. The standard InChI is InChI=1S/C17H18BrNO/c1-11(2)13-5-7-14(8-6-13)17(20)19-16-10-15(18)9-4-12(16)3/h4-11H,1-3H3,(H,19,20). The van der Waals surface area contributed by atoms with Crippen LogP contribution in [0, 0.1) is 6.92 Å². The maximum absolute atomic E-state index is 12.2. The van der Waals surface area contributed by atoms with Gasteiger partial charge in [0, 0.05) is 15.7 Å². The number of benzene rings is 2. The topological polar surface area (TPSA) is 29.1 Å². The number of carbonyl (C=O) groups excluding carboxylic acids is 1. The highest BCUT2D eigenvalue weighted by Crippen LogP contribution is 2.21. The molecule has 2 aromatic carbocycles. The molecule has 104 valence electrons. The second-order valence-electron chi connectivity index (χ2n) is 5.19. The third-order valence-electron chi connectivity index (χ3n) is 3.29. The Balaban J connectivity index is 2.17. The minimum Gasteiger partial charge on any atom is -0.322 e. The molecule has 0 unspecified atom stereocenters. The quantitative estimate of drug-likeness (QED) is 0.829. The SMILES string of the molecule is Cc1ccc(Br)cc1NC(=O)c1ccc(C(C)C)cc1. The molecule has 0 bridgehead atoms. The van der Waals surface area contributed by atoms with Crippen LogP contribution in [0.5, 0.6) is 0 Å². The summed E-state index contributed by atoms with van der Waals surface area (Å²) in [5.74, 6) is 0.390. The first kappa shape index (κ1) is 14.8. The molecule has 0 aliphatic heterocycles. The Bertz CT molecular complexity index is 617. The Morgan fingerprint density at radius 3 is 2.35 bits per heavy atom. The smallest absolute Gasteiger partial charge is 0.255 e. The summed E-state index contributed by atoms with van der Waals surface area (Å²) in [5, 5.41) is 2.95. The fourth-order valence-electron chi connectivity index (χ4n) is 1.94. The molecule has 0 spiro atoms. The van der Waals surface area contributed by atoms with Gasteiger partial charge in [-0.3, -0.25) is 4.79 Å². The van der Waals surface area contributed by atoms with Crippen LogP contribution in [0.25, 0.3) is 0 Å². The summed E-state index contributed by atoms with van der Waals surface area (Å²) in [6.45, 7) is 6.25. The van der Waals surface area contributed by atoms with Gasteiger partial charge in [-0.1, -0.05) is 48.0 Å². The van der Waals surface area contributed by atoms with Crippen LogP contribution in [0.1, 0.15) is 41.3 Å². The summed E-state index contributed by atoms with van der Waals surface area (Å²) in [6, 6.07) is 13.6. The molecule has 20 heavy (non-hydrogen) atoms. The van der Waals surface area contributed by atoms with Gasteiger partial charge in [-0.05, 0) is 48.2 Å². The predicted octanol–water partition coefficient (Wildman–Crippen LogP) is 5.13. The third-order valence-corrected chi connectivity index (χ3v) is 3.78. The van der Waals surface area contributed by atoms with E-state index in [0.29, 0.717) is 11.5 Å². The van der Waals surface area contributed by atoms with E-state index in [2.05, 4.69) is 35.1 Å². The zero-order valence-electron chi connectivity index (χ0n) is 11.9. The molecule has 0 saturated heterocycles. The van der Waals surface area contributed by atoms with Crippen molar-refractivity contribution in [2.24, 2.45) is 0 Å². The molecular formula is C17H18BrNO. The number of carbonyl (C=O) groups is 1. The molecular weight excluding hydrogens is 314 g/mol. The summed E-state index contributed by atoms with van der Waals surface area (Å²) in [7, 11) is 0. The van der Waals surface area contributed by atoms with Gasteiger partial charge in [0.05, 0.1) is 0 Å². The van der Waals surface area contributed by atoms with Gasteiger partial charge < -0.3 is 5.32 Å². The number of nitrogens with one attached hydrogen (secondary N) is 1. The molecule has 0 radical (unpaired) electrons. The molecule has 0 heterocycles. The van der Waals surface area contributed by atoms with E-state index in [1.807, 2.05) is 49.4 Å². The van der Waals surface area contributed by atoms with Gasteiger partial charge in [0.15, 0.2) is 0 Å². The first-order valence-electron chi connectivity index (χ1n) is 6.65. The highest BCUT2D eigenvalue weighted by Gasteiger charge is 2.08. The molecule has 2 aromatic rings. The summed E-state index contributed by atoms with van der Waals surface area (Å²) in [4.78, 5) is 12.2. The summed E-state index contributed by atoms with van der Waals surface area (Å²) >= 11 is 3.42. The van der Waals surface area contributed by atoms with Crippen molar-refractivity contribution in [1.29, 1.82) is 0 Å². The van der Waals surface area contributed by atoms with Gasteiger partial charge in [-0.2, -0.15) is 0 Å². The number of hydrogen-bond donors (Lipinski definition) is 1. The van der Waals surface area contributed by atoms with Crippen LogP contribution in [-0.4, -0.2) is 5.91 Å². The average Bonchev–Trinajstić information content (AvgIpc) is 2.43. The van der Waals surface area contributed by atoms with Crippen molar-refractivity contribution in [3.63, 3.8) is 0 Å². The van der Waals surface area contributed by atoms with Gasteiger partial charge in [0.25, 0.3) is 5.91 Å². The minimum absolute atomic E-state index is 0.0819. The molecule has 0 aliphatic carbocycles. The fourth-order valence-corrected chi connectivity index (χ4v) is 2.30. The molecule has 0 saturated carbocycles. The molecule has 1 amide bonds. The molecule has 0 fully saturated rings. The molecule has 2 rings (SSSR count). The first-order chi connectivity index (χ1) is 9.47. The predicted molar refractivity (Wildman–Crippen MR) is 87.4 cm³/mol. The molecule has 2 nitrogen and oxygen atoms in total. The number of aryl methyl sites for hydroxylation is 1. The minimum atomic E-state index is -0.0819. The zero-order valence-corrected chi connectivity index (χ0v) is 13.5. The molecule has 0 atom stereocenters. The highest BCUT2D eigenvalue weighted by molar-refractivity contribution is 9.10. The van der Waals surface area contributed by atoms with Gasteiger partial charge in [0.2, 0.25) is 0 Å². The van der Waals surface area contributed by atoms with Crippen molar-refractivity contribution in [1.82, 2.24) is 0 Å². The third kappa shape index (κ3) is 3.48.